The van der Waals surface area contributed by atoms with Gasteiger partial charge in [0.1, 0.15) is 0 Å². The fraction of sp³-hybridized carbons (Fsp3) is 0.500. The fourth-order valence-electron chi connectivity index (χ4n) is 1.71. The van der Waals surface area contributed by atoms with E-state index in [1.165, 1.54) is 30.4 Å². The van der Waals surface area contributed by atoms with Gasteiger partial charge < -0.3 is 4.74 Å². The van der Waals surface area contributed by atoms with Crippen LogP contribution in [-0.2, 0) is 11.3 Å². The molecule has 0 bridgehead atoms. The second kappa shape index (κ2) is 9.00. The van der Waals surface area contributed by atoms with Crippen molar-refractivity contribution in [1.82, 2.24) is 0 Å². The second-order valence-corrected chi connectivity index (χ2v) is 4.48. The lowest BCUT2D eigenvalue weighted by Gasteiger charge is -2.03. The number of hydrogen-bond donors (Lipinski definition) is 0. The lowest BCUT2D eigenvalue weighted by Crippen LogP contribution is -1.94. The summed E-state index contributed by atoms with van der Waals surface area (Å²) >= 11 is 0. The van der Waals surface area contributed by atoms with Gasteiger partial charge in [0.2, 0.25) is 0 Å². The summed E-state index contributed by atoms with van der Waals surface area (Å²) in [7, 11) is 0. The predicted molar refractivity (Wildman–Crippen MR) is 74.0 cm³/mol. The monoisotopic (exact) mass is 232 g/mol. The van der Waals surface area contributed by atoms with E-state index in [1.54, 1.807) is 0 Å². The van der Waals surface area contributed by atoms with Crippen LogP contribution in [0.3, 0.4) is 0 Å². The van der Waals surface area contributed by atoms with Gasteiger partial charge >= 0.3 is 0 Å². The molecule has 1 rings (SSSR count). The Morgan fingerprint density at radius 3 is 2.71 bits per heavy atom. The third kappa shape index (κ3) is 6.96. The summed E-state index contributed by atoms with van der Waals surface area (Å²) in [6.07, 6.45) is 7.14. The molecule has 0 heterocycles. The summed E-state index contributed by atoms with van der Waals surface area (Å²) in [4.78, 5) is 0. The van der Waals surface area contributed by atoms with E-state index in [-0.39, 0.29) is 0 Å². The Morgan fingerprint density at radius 2 is 2.00 bits per heavy atom. The highest BCUT2D eigenvalue weighted by atomic mass is 16.5. The Bertz CT molecular complexity index is 314. The van der Waals surface area contributed by atoms with E-state index in [1.807, 2.05) is 18.2 Å². The largest absolute Gasteiger partial charge is 0.376 e. The minimum absolute atomic E-state index is 0.725. The first-order valence-corrected chi connectivity index (χ1v) is 6.60. The summed E-state index contributed by atoms with van der Waals surface area (Å²) < 4.78 is 5.63. The Balaban J connectivity index is 2.08. The highest BCUT2D eigenvalue weighted by Crippen LogP contribution is 2.07. The zero-order valence-electron chi connectivity index (χ0n) is 11.1. The first-order valence-electron chi connectivity index (χ1n) is 6.60. The van der Waals surface area contributed by atoms with Gasteiger partial charge in [0.05, 0.1) is 13.2 Å². The van der Waals surface area contributed by atoms with Crippen molar-refractivity contribution in [3.8, 4) is 0 Å². The van der Waals surface area contributed by atoms with Gasteiger partial charge in [0.25, 0.3) is 0 Å². The molecule has 0 unspecified atom stereocenters. The molecule has 0 saturated heterocycles. The first kappa shape index (κ1) is 14.0. The van der Waals surface area contributed by atoms with Crippen LogP contribution in [0.25, 0.3) is 0 Å². The van der Waals surface area contributed by atoms with E-state index in [9.17, 15) is 0 Å². The van der Waals surface area contributed by atoms with E-state index in [0.29, 0.717) is 0 Å². The molecule has 0 aliphatic rings. The van der Waals surface area contributed by atoms with E-state index < -0.39 is 0 Å². The van der Waals surface area contributed by atoms with Gasteiger partial charge in [-0.3, -0.25) is 0 Å². The molecule has 0 atom stereocenters. The molecule has 1 aromatic carbocycles. The van der Waals surface area contributed by atoms with Crippen LogP contribution in [0.5, 0.6) is 0 Å². The number of allylic oxidation sites excluding steroid dienone is 1. The van der Waals surface area contributed by atoms with Crippen molar-refractivity contribution in [2.75, 3.05) is 6.61 Å². The molecule has 1 heteroatoms. The third-order valence-electron chi connectivity index (χ3n) is 2.79. The maximum absolute atomic E-state index is 5.63. The Hall–Kier alpha value is -1.08. The van der Waals surface area contributed by atoms with Gasteiger partial charge in [0.15, 0.2) is 0 Å². The molecule has 1 nitrogen and oxygen atoms in total. The molecule has 0 aromatic heterocycles. The Labute approximate surface area is 106 Å². The Kier molecular flexibility index (Phi) is 7.40. The van der Waals surface area contributed by atoms with Crippen molar-refractivity contribution in [2.45, 2.75) is 46.1 Å². The number of benzene rings is 1. The lowest BCUT2D eigenvalue weighted by molar-refractivity contribution is 0.125. The van der Waals surface area contributed by atoms with Gasteiger partial charge in [-0.05, 0) is 31.7 Å². The zero-order chi connectivity index (χ0) is 12.3. The molecule has 17 heavy (non-hydrogen) atoms. The SMILES string of the molecule is CCCC/C(C)=C/CCOCc1ccccc1. The molecule has 94 valence electrons. The van der Waals surface area contributed by atoms with Crippen LogP contribution in [0.15, 0.2) is 42.0 Å². The van der Waals surface area contributed by atoms with Gasteiger partial charge in [0, 0.05) is 0 Å². The van der Waals surface area contributed by atoms with Crippen molar-refractivity contribution in [3.63, 3.8) is 0 Å². The maximum atomic E-state index is 5.63. The van der Waals surface area contributed by atoms with Crippen LogP contribution in [0.4, 0.5) is 0 Å². The molecule has 0 aliphatic carbocycles. The van der Waals surface area contributed by atoms with E-state index in [4.69, 9.17) is 4.74 Å². The smallest absolute Gasteiger partial charge is 0.0717 e. The van der Waals surface area contributed by atoms with Crippen LogP contribution in [0, 0.1) is 0 Å². The fourth-order valence-corrected chi connectivity index (χ4v) is 1.71. The summed E-state index contributed by atoms with van der Waals surface area (Å²) in [5, 5.41) is 0. The second-order valence-electron chi connectivity index (χ2n) is 4.48. The topological polar surface area (TPSA) is 9.23 Å². The average molecular weight is 232 g/mol. The number of rotatable bonds is 8. The highest BCUT2D eigenvalue weighted by molar-refractivity contribution is 5.13. The van der Waals surface area contributed by atoms with Crippen molar-refractivity contribution in [1.29, 1.82) is 0 Å². The first-order chi connectivity index (χ1) is 8.33. The average Bonchev–Trinajstić information content (AvgIpc) is 2.37. The molecule has 0 N–H and O–H groups in total. The van der Waals surface area contributed by atoms with Gasteiger partial charge in [-0.15, -0.1) is 0 Å². The van der Waals surface area contributed by atoms with Crippen molar-refractivity contribution < 1.29 is 4.74 Å². The van der Waals surface area contributed by atoms with Crippen LogP contribution < -0.4 is 0 Å². The molecule has 0 amide bonds. The molecule has 0 spiro atoms. The summed E-state index contributed by atoms with van der Waals surface area (Å²) in [6, 6.07) is 10.3. The van der Waals surface area contributed by atoms with Crippen molar-refractivity contribution in [3.05, 3.63) is 47.5 Å². The molecule has 0 saturated carbocycles. The number of ether oxygens (including phenoxy) is 1. The van der Waals surface area contributed by atoms with Crippen molar-refractivity contribution >= 4 is 0 Å². The van der Waals surface area contributed by atoms with Gasteiger partial charge in [-0.1, -0.05) is 55.3 Å². The summed E-state index contributed by atoms with van der Waals surface area (Å²) in [5.74, 6) is 0. The normalized spacial score (nSPS) is 11.8. The maximum Gasteiger partial charge on any atom is 0.0717 e. The molecular weight excluding hydrogens is 208 g/mol. The molecule has 0 radical (unpaired) electrons. The minimum Gasteiger partial charge on any atom is -0.376 e. The summed E-state index contributed by atoms with van der Waals surface area (Å²) in [6.45, 7) is 5.99. The quantitative estimate of drug-likeness (QED) is 0.465. The lowest BCUT2D eigenvalue weighted by atomic mass is 10.1. The van der Waals surface area contributed by atoms with Gasteiger partial charge in [-0.25, -0.2) is 0 Å². The summed E-state index contributed by atoms with van der Waals surface area (Å²) in [5.41, 5.74) is 2.74. The van der Waals surface area contributed by atoms with Gasteiger partial charge in [-0.2, -0.15) is 0 Å². The van der Waals surface area contributed by atoms with Crippen molar-refractivity contribution in [2.24, 2.45) is 0 Å². The molecule has 0 aliphatic heterocycles. The van der Waals surface area contributed by atoms with E-state index in [0.717, 1.165) is 19.6 Å². The molecular formula is C16H24O. The van der Waals surface area contributed by atoms with E-state index in [2.05, 4.69) is 32.1 Å². The third-order valence-corrected chi connectivity index (χ3v) is 2.79. The molecule has 0 fully saturated rings. The number of hydrogen-bond acceptors (Lipinski definition) is 1. The standard InChI is InChI=1S/C16H24O/c1-3-4-9-15(2)10-8-13-17-14-16-11-6-5-7-12-16/h5-7,10-12H,3-4,8-9,13-14H2,1-2H3/b15-10+. The highest BCUT2D eigenvalue weighted by Gasteiger charge is 1.92. The van der Waals surface area contributed by atoms with Crippen LogP contribution in [0.1, 0.15) is 45.1 Å². The van der Waals surface area contributed by atoms with E-state index >= 15 is 0 Å². The Morgan fingerprint density at radius 1 is 1.24 bits per heavy atom. The zero-order valence-corrected chi connectivity index (χ0v) is 11.1. The predicted octanol–water partition coefficient (Wildman–Crippen LogP) is 4.73. The van der Waals surface area contributed by atoms with Crippen LogP contribution in [0.2, 0.25) is 0 Å². The number of unbranched alkanes of at least 4 members (excludes halogenated alkanes) is 1. The minimum atomic E-state index is 0.725. The van der Waals surface area contributed by atoms with Crippen LogP contribution >= 0.6 is 0 Å². The van der Waals surface area contributed by atoms with Crippen LogP contribution in [-0.4, -0.2) is 6.61 Å². The molecule has 1 aromatic rings.